The monoisotopic (exact) mass is 130 g/mol. The molecule has 0 radical (unpaired) electrons. The molecule has 1 heterocycles. The van der Waals surface area contributed by atoms with Gasteiger partial charge in [-0.3, -0.25) is 4.79 Å². The van der Waals surface area contributed by atoms with Gasteiger partial charge in [0.15, 0.2) is 5.09 Å². The van der Waals surface area contributed by atoms with Crippen molar-refractivity contribution >= 4 is 18.2 Å². The largest absolute Gasteiger partial charge is 0.422 e. The molecule has 0 N–H and O–H groups in total. The first-order chi connectivity index (χ1) is 3.93. The van der Waals surface area contributed by atoms with Crippen molar-refractivity contribution in [2.24, 2.45) is 0 Å². The lowest BCUT2D eigenvalue weighted by atomic mass is 10.5. The molecule has 0 aromatic heterocycles. The summed E-state index contributed by atoms with van der Waals surface area (Å²) >= 11 is 1.57. The van der Waals surface area contributed by atoms with Gasteiger partial charge in [0.05, 0.1) is 0 Å². The summed E-state index contributed by atoms with van der Waals surface area (Å²) in [5.41, 5.74) is 0. The second-order valence-corrected chi connectivity index (χ2v) is 2.47. The maximum absolute atomic E-state index is 9.68. The molecule has 0 saturated heterocycles. The van der Waals surface area contributed by atoms with Crippen LogP contribution >= 0.6 is 11.8 Å². The van der Waals surface area contributed by atoms with Gasteiger partial charge in [-0.1, -0.05) is 11.8 Å². The Balaban J connectivity index is 2.33. The smallest absolute Gasteiger partial charge is 0.299 e. The molecule has 0 unspecified atom stereocenters. The highest BCUT2D eigenvalue weighted by Gasteiger charge is 2.03. The lowest BCUT2D eigenvalue weighted by Crippen LogP contribution is -1.79. The predicted octanol–water partition coefficient (Wildman–Crippen LogP) is 1.14. The van der Waals surface area contributed by atoms with E-state index in [9.17, 15) is 4.79 Å². The van der Waals surface area contributed by atoms with E-state index >= 15 is 0 Å². The number of hydrogen-bond donors (Lipinski definition) is 0. The van der Waals surface area contributed by atoms with Crippen molar-refractivity contribution in [1.82, 2.24) is 0 Å². The van der Waals surface area contributed by atoms with Gasteiger partial charge in [0.1, 0.15) is 0 Å². The van der Waals surface area contributed by atoms with Gasteiger partial charge in [-0.2, -0.15) is 0 Å². The first-order valence-electron chi connectivity index (χ1n) is 2.37. The molecule has 0 aromatic carbocycles. The van der Waals surface area contributed by atoms with Gasteiger partial charge in [0, 0.05) is 5.75 Å². The molecular formula is C5H6O2S. The number of ether oxygens (including phenoxy) is 1. The zero-order valence-electron chi connectivity index (χ0n) is 4.29. The van der Waals surface area contributed by atoms with Crippen LogP contribution in [0.1, 0.15) is 6.42 Å². The van der Waals surface area contributed by atoms with E-state index in [1.165, 1.54) is 0 Å². The fourth-order valence-electron chi connectivity index (χ4n) is 0.525. The Morgan fingerprint density at radius 2 is 2.75 bits per heavy atom. The van der Waals surface area contributed by atoms with E-state index < -0.39 is 0 Å². The Morgan fingerprint density at radius 3 is 3.25 bits per heavy atom. The van der Waals surface area contributed by atoms with Crippen molar-refractivity contribution in [2.45, 2.75) is 6.42 Å². The number of rotatable bonds is 2. The van der Waals surface area contributed by atoms with Crippen LogP contribution in [0.15, 0.2) is 11.2 Å². The number of carbonyl (C=O) groups excluding carboxylic acids is 1. The van der Waals surface area contributed by atoms with E-state index in [0.717, 1.165) is 17.3 Å². The van der Waals surface area contributed by atoms with Crippen molar-refractivity contribution in [3.63, 3.8) is 0 Å². The molecular weight excluding hydrogens is 124 g/mol. The fraction of sp³-hybridized carbons (Fsp3) is 0.400. The highest BCUT2D eigenvalue weighted by molar-refractivity contribution is 8.03. The van der Waals surface area contributed by atoms with Gasteiger partial charge in [-0.05, 0) is 12.5 Å². The van der Waals surface area contributed by atoms with Gasteiger partial charge in [-0.25, -0.2) is 0 Å². The lowest BCUT2D eigenvalue weighted by Gasteiger charge is -1.91. The van der Waals surface area contributed by atoms with Crippen molar-refractivity contribution in [3.8, 4) is 0 Å². The van der Waals surface area contributed by atoms with E-state index in [4.69, 9.17) is 0 Å². The molecule has 0 aromatic rings. The number of thioether (sulfide) groups is 1. The third-order valence-corrected chi connectivity index (χ3v) is 1.82. The molecule has 0 spiro atoms. The van der Waals surface area contributed by atoms with Gasteiger partial charge in [0.25, 0.3) is 6.47 Å². The summed E-state index contributed by atoms with van der Waals surface area (Å²) in [5.74, 6) is 1.04. The van der Waals surface area contributed by atoms with E-state index in [-0.39, 0.29) is 0 Å². The molecule has 1 rings (SSSR count). The first-order valence-corrected chi connectivity index (χ1v) is 3.35. The molecule has 0 aliphatic carbocycles. The molecule has 1 aliphatic rings. The summed E-state index contributed by atoms with van der Waals surface area (Å²) < 4.78 is 4.55. The number of carbonyl (C=O) groups is 1. The normalized spacial score (nSPS) is 17.8. The summed E-state index contributed by atoms with van der Waals surface area (Å²) in [7, 11) is 0. The summed E-state index contributed by atoms with van der Waals surface area (Å²) in [4.78, 5) is 9.68. The number of allylic oxidation sites excluding steroid dienone is 1. The van der Waals surface area contributed by atoms with Crippen LogP contribution in [0.4, 0.5) is 0 Å². The van der Waals surface area contributed by atoms with Crippen LogP contribution in [0.3, 0.4) is 0 Å². The maximum atomic E-state index is 9.68. The molecule has 44 valence electrons. The Morgan fingerprint density at radius 1 is 1.88 bits per heavy atom. The molecule has 0 saturated carbocycles. The van der Waals surface area contributed by atoms with Crippen LogP contribution in [0.25, 0.3) is 0 Å². The van der Waals surface area contributed by atoms with E-state index in [2.05, 4.69) is 4.74 Å². The van der Waals surface area contributed by atoms with Crippen molar-refractivity contribution in [1.29, 1.82) is 0 Å². The Hall–Kier alpha value is -0.440. The summed E-state index contributed by atoms with van der Waals surface area (Å²) in [6.07, 6.45) is 2.94. The SMILES string of the molecule is O=COC1=CCCS1. The summed E-state index contributed by atoms with van der Waals surface area (Å²) in [6.45, 7) is 0.462. The molecule has 0 fully saturated rings. The van der Waals surface area contributed by atoms with Crippen molar-refractivity contribution < 1.29 is 9.53 Å². The molecule has 2 nitrogen and oxygen atoms in total. The fourth-order valence-corrected chi connectivity index (χ4v) is 1.30. The Labute approximate surface area is 51.9 Å². The van der Waals surface area contributed by atoms with Crippen LogP contribution in [-0.4, -0.2) is 12.2 Å². The predicted molar refractivity (Wildman–Crippen MR) is 32.3 cm³/mol. The molecule has 1 aliphatic heterocycles. The molecule has 0 atom stereocenters. The van der Waals surface area contributed by atoms with Gasteiger partial charge >= 0.3 is 0 Å². The summed E-state index contributed by atoms with van der Waals surface area (Å²) in [6, 6.07) is 0. The first kappa shape index (κ1) is 5.69. The topological polar surface area (TPSA) is 26.3 Å². The molecule has 0 bridgehead atoms. The van der Waals surface area contributed by atoms with Crippen LogP contribution in [0.2, 0.25) is 0 Å². The van der Waals surface area contributed by atoms with Gasteiger partial charge in [0.2, 0.25) is 0 Å². The highest BCUT2D eigenvalue weighted by Crippen LogP contribution is 2.24. The van der Waals surface area contributed by atoms with Crippen LogP contribution in [0.5, 0.6) is 0 Å². The zero-order chi connectivity index (χ0) is 5.82. The third-order valence-electron chi connectivity index (χ3n) is 0.837. The minimum Gasteiger partial charge on any atom is -0.422 e. The van der Waals surface area contributed by atoms with Crippen molar-refractivity contribution in [2.75, 3.05) is 5.75 Å². The number of hydrogen-bond acceptors (Lipinski definition) is 3. The average Bonchev–Trinajstić information content (AvgIpc) is 2.19. The zero-order valence-corrected chi connectivity index (χ0v) is 5.11. The Bertz CT molecular complexity index is 120. The highest BCUT2D eigenvalue weighted by atomic mass is 32.2. The second-order valence-electron chi connectivity index (χ2n) is 1.37. The quantitative estimate of drug-likeness (QED) is 0.524. The molecule has 8 heavy (non-hydrogen) atoms. The standard InChI is InChI=1S/C5H6O2S/c6-4-7-5-2-1-3-8-5/h2,4H,1,3H2. The lowest BCUT2D eigenvalue weighted by molar-refractivity contribution is -0.124. The second kappa shape index (κ2) is 2.77. The molecule has 3 heteroatoms. The Kier molecular flexibility index (Phi) is 1.97. The minimum absolute atomic E-state index is 0.462. The van der Waals surface area contributed by atoms with Crippen LogP contribution in [0, 0.1) is 0 Å². The van der Waals surface area contributed by atoms with Crippen molar-refractivity contribution in [3.05, 3.63) is 11.2 Å². The van der Waals surface area contributed by atoms with E-state index in [1.54, 1.807) is 11.8 Å². The third kappa shape index (κ3) is 1.26. The van der Waals surface area contributed by atoms with E-state index in [0.29, 0.717) is 6.47 Å². The summed E-state index contributed by atoms with van der Waals surface area (Å²) in [5, 5.41) is 0.750. The van der Waals surface area contributed by atoms with E-state index in [1.807, 2.05) is 6.08 Å². The van der Waals surface area contributed by atoms with Crippen LogP contribution in [-0.2, 0) is 9.53 Å². The maximum Gasteiger partial charge on any atom is 0.299 e. The van der Waals surface area contributed by atoms with Gasteiger partial charge in [-0.15, -0.1) is 0 Å². The molecule has 0 amide bonds. The van der Waals surface area contributed by atoms with Crippen LogP contribution < -0.4 is 0 Å². The van der Waals surface area contributed by atoms with Gasteiger partial charge < -0.3 is 4.74 Å². The minimum atomic E-state index is 0.462. The average molecular weight is 130 g/mol.